The van der Waals surface area contributed by atoms with Crippen LogP contribution in [0.25, 0.3) is 10.9 Å². The Balaban J connectivity index is 2.49. The third-order valence-electron chi connectivity index (χ3n) is 3.40. The number of carbonyl (C=O) groups excluding carboxylic acids is 1. The molecule has 2 aromatic rings. The Morgan fingerprint density at radius 2 is 2.15 bits per heavy atom. The number of rotatable bonds is 4. The number of ether oxygens (including phenoxy) is 1. The second kappa shape index (κ2) is 5.46. The number of nitrogens with zero attached hydrogens (tertiary/aromatic N) is 1. The molecule has 0 aliphatic heterocycles. The van der Waals surface area contributed by atoms with E-state index in [0.29, 0.717) is 11.6 Å². The number of hydrogen-bond donors (Lipinski definition) is 1. The van der Waals surface area contributed by atoms with Gasteiger partial charge in [0.2, 0.25) is 0 Å². The van der Waals surface area contributed by atoms with Gasteiger partial charge in [-0.15, -0.1) is 0 Å². The van der Waals surface area contributed by atoms with Crippen LogP contribution in [-0.2, 0) is 22.7 Å². The highest BCUT2D eigenvalue weighted by atomic mass is 35.5. The molecule has 0 aliphatic rings. The summed E-state index contributed by atoms with van der Waals surface area (Å²) in [5.74, 6) is -0.271. The largest absolute Gasteiger partial charge is 0.469 e. The van der Waals surface area contributed by atoms with Gasteiger partial charge in [-0.1, -0.05) is 17.7 Å². The number of aliphatic hydroxyl groups excluding tert-OH is 1. The fourth-order valence-corrected chi connectivity index (χ4v) is 2.53. The molecular formula is C15H18ClNO3. The molecule has 0 unspecified atom stereocenters. The SMILES string of the molecule is COC(=O)C(C)(C)Cn1cc(CO)c2ccc(Cl)cc21. The first-order valence-corrected chi connectivity index (χ1v) is 6.73. The van der Waals surface area contributed by atoms with Gasteiger partial charge in [0.25, 0.3) is 0 Å². The highest BCUT2D eigenvalue weighted by Crippen LogP contribution is 2.28. The van der Waals surface area contributed by atoms with Gasteiger partial charge in [0.1, 0.15) is 0 Å². The number of aliphatic hydroxyl groups is 1. The van der Waals surface area contributed by atoms with Gasteiger partial charge in [-0.25, -0.2) is 0 Å². The van der Waals surface area contributed by atoms with E-state index in [2.05, 4.69) is 0 Å². The van der Waals surface area contributed by atoms with Gasteiger partial charge in [-0.3, -0.25) is 4.79 Å². The highest BCUT2D eigenvalue weighted by molar-refractivity contribution is 6.31. The van der Waals surface area contributed by atoms with E-state index >= 15 is 0 Å². The maximum absolute atomic E-state index is 11.8. The highest BCUT2D eigenvalue weighted by Gasteiger charge is 2.29. The van der Waals surface area contributed by atoms with E-state index in [-0.39, 0.29) is 12.6 Å². The van der Waals surface area contributed by atoms with Crippen LogP contribution in [0.2, 0.25) is 5.02 Å². The van der Waals surface area contributed by atoms with Gasteiger partial charge in [0.05, 0.1) is 19.1 Å². The first kappa shape index (κ1) is 14.9. The number of fused-ring (bicyclic) bond motifs is 1. The summed E-state index contributed by atoms with van der Waals surface area (Å²) in [6.07, 6.45) is 1.85. The van der Waals surface area contributed by atoms with E-state index in [4.69, 9.17) is 16.3 Å². The predicted octanol–water partition coefficient (Wildman–Crippen LogP) is 2.99. The molecule has 0 bridgehead atoms. The lowest BCUT2D eigenvalue weighted by Crippen LogP contribution is -2.30. The van der Waals surface area contributed by atoms with E-state index in [0.717, 1.165) is 16.5 Å². The molecule has 20 heavy (non-hydrogen) atoms. The van der Waals surface area contributed by atoms with Crippen molar-refractivity contribution in [1.82, 2.24) is 4.57 Å². The van der Waals surface area contributed by atoms with Gasteiger partial charge in [-0.2, -0.15) is 0 Å². The Bertz CT molecular complexity index is 646. The van der Waals surface area contributed by atoms with Crippen LogP contribution >= 0.6 is 11.6 Å². The molecular weight excluding hydrogens is 278 g/mol. The Morgan fingerprint density at radius 3 is 2.75 bits per heavy atom. The van der Waals surface area contributed by atoms with Crippen molar-refractivity contribution in [1.29, 1.82) is 0 Å². The van der Waals surface area contributed by atoms with Crippen molar-refractivity contribution >= 4 is 28.5 Å². The molecule has 0 aliphatic carbocycles. The zero-order chi connectivity index (χ0) is 14.9. The molecule has 1 heterocycles. The minimum Gasteiger partial charge on any atom is -0.469 e. The van der Waals surface area contributed by atoms with Gasteiger partial charge in [0, 0.05) is 34.2 Å². The number of methoxy groups -OCH3 is 1. The second-order valence-corrected chi connectivity index (χ2v) is 5.91. The zero-order valence-corrected chi connectivity index (χ0v) is 12.6. The Kier molecular flexibility index (Phi) is 4.06. The summed E-state index contributed by atoms with van der Waals surface area (Å²) >= 11 is 6.04. The van der Waals surface area contributed by atoms with E-state index < -0.39 is 5.41 Å². The van der Waals surface area contributed by atoms with Gasteiger partial charge < -0.3 is 14.4 Å². The maximum atomic E-state index is 11.8. The number of carbonyl (C=O) groups is 1. The molecule has 1 N–H and O–H groups in total. The molecule has 1 aromatic heterocycles. The molecule has 0 saturated carbocycles. The lowest BCUT2D eigenvalue weighted by Gasteiger charge is -2.22. The van der Waals surface area contributed by atoms with Gasteiger partial charge in [-0.05, 0) is 26.0 Å². The van der Waals surface area contributed by atoms with Gasteiger partial charge in [0.15, 0.2) is 0 Å². The fraction of sp³-hybridized carbons (Fsp3) is 0.400. The summed E-state index contributed by atoms with van der Waals surface area (Å²) in [6.45, 7) is 4.06. The van der Waals surface area contributed by atoms with Crippen LogP contribution in [0.15, 0.2) is 24.4 Å². The quantitative estimate of drug-likeness (QED) is 0.882. The summed E-state index contributed by atoms with van der Waals surface area (Å²) in [7, 11) is 1.38. The standard InChI is InChI=1S/C15H18ClNO3/c1-15(2,14(19)20-3)9-17-7-10(8-18)12-5-4-11(16)6-13(12)17/h4-7,18H,8-9H2,1-3H3. The van der Waals surface area contributed by atoms with Crippen LogP contribution in [0.3, 0.4) is 0 Å². The average Bonchev–Trinajstić information content (AvgIpc) is 2.74. The zero-order valence-electron chi connectivity index (χ0n) is 11.8. The van der Waals surface area contributed by atoms with Crippen LogP contribution in [0.4, 0.5) is 0 Å². The third kappa shape index (κ3) is 2.67. The molecule has 0 saturated heterocycles. The number of halogens is 1. The van der Waals surface area contributed by atoms with E-state index in [1.165, 1.54) is 7.11 Å². The van der Waals surface area contributed by atoms with Crippen molar-refractivity contribution in [3.05, 3.63) is 35.0 Å². The number of benzene rings is 1. The molecule has 4 nitrogen and oxygen atoms in total. The molecule has 0 spiro atoms. The molecule has 108 valence electrons. The lowest BCUT2D eigenvalue weighted by molar-refractivity contribution is -0.151. The minimum absolute atomic E-state index is 0.0518. The van der Waals surface area contributed by atoms with Crippen LogP contribution in [0.1, 0.15) is 19.4 Å². The van der Waals surface area contributed by atoms with Crippen molar-refractivity contribution < 1.29 is 14.6 Å². The van der Waals surface area contributed by atoms with Crippen molar-refractivity contribution in [2.24, 2.45) is 5.41 Å². The molecule has 0 amide bonds. The molecule has 0 atom stereocenters. The number of hydrogen-bond acceptors (Lipinski definition) is 3. The van der Waals surface area contributed by atoms with E-state index in [9.17, 15) is 9.90 Å². The van der Waals surface area contributed by atoms with Crippen LogP contribution in [0, 0.1) is 5.41 Å². The lowest BCUT2D eigenvalue weighted by atomic mass is 9.93. The third-order valence-corrected chi connectivity index (χ3v) is 3.64. The molecule has 1 aromatic carbocycles. The van der Waals surface area contributed by atoms with Crippen molar-refractivity contribution in [2.45, 2.75) is 27.0 Å². The maximum Gasteiger partial charge on any atom is 0.313 e. The first-order chi connectivity index (χ1) is 9.39. The normalized spacial score (nSPS) is 11.8. The first-order valence-electron chi connectivity index (χ1n) is 6.35. The Morgan fingerprint density at radius 1 is 1.45 bits per heavy atom. The van der Waals surface area contributed by atoms with Crippen molar-refractivity contribution in [3.63, 3.8) is 0 Å². The number of aromatic nitrogens is 1. The van der Waals surface area contributed by atoms with Crippen LogP contribution < -0.4 is 0 Å². The summed E-state index contributed by atoms with van der Waals surface area (Å²) in [4.78, 5) is 11.8. The second-order valence-electron chi connectivity index (χ2n) is 5.48. The van der Waals surface area contributed by atoms with E-state index in [1.807, 2.05) is 36.7 Å². The summed E-state index contributed by atoms with van der Waals surface area (Å²) in [6, 6.07) is 5.51. The molecule has 0 fully saturated rings. The number of esters is 1. The molecule has 2 rings (SSSR count). The molecule has 0 radical (unpaired) electrons. The smallest absolute Gasteiger partial charge is 0.313 e. The topological polar surface area (TPSA) is 51.5 Å². The summed E-state index contributed by atoms with van der Waals surface area (Å²) < 4.78 is 6.76. The Labute approximate surface area is 122 Å². The summed E-state index contributed by atoms with van der Waals surface area (Å²) in [5.41, 5.74) is 1.06. The summed E-state index contributed by atoms with van der Waals surface area (Å²) in [5, 5.41) is 11.0. The fourth-order valence-electron chi connectivity index (χ4n) is 2.36. The molecule has 5 heteroatoms. The Hall–Kier alpha value is -1.52. The van der Waals surface area contributed by atoms with Gasteiger partial charge >= 0.3 is 5.97 Å². The van der Waals surface area contributed by atoms with Crippen LogP contribution in [-0.4, -0.2) is 22.8 Å². The monoisotopic (exact) mass is 295 g/mol. The van der Waals surface area contributed by atoms with Crippen molar-refractivity contribution in [3.8, 4) is 0 Å². The van der Waals surface area contributed by atoms with E-state index in [1.54, 1.807) is 6.07 Å². The predicted molar refractivity (Wildman–Crippen MR) is 78.7 cm³/mol. The average molecular weight is 296 g/mol. The minimum atomic E-state index is -0.657. The van der Waals surface area contributed by atoms with Crippen molar-refractivity contribution in [2.75, 3.05) is 7.11 Å². The van der Waals surface area contributed by atoms with Crippen LogP contribution in [0.5, 0.6) is 0 Å².